The van der Waals surface area contributed by atoms with Gasteiger partial charge >= 0.3 is 5.97 Å². The van der Waals surface area contributed by atoms with E-state index in [1.807, 2.05) is 6.92 Å². The summed E-state index contributed by atoms with van der Waals surface area (Å²) in [5.41, 5.74) is 0. The zero-order valence-corrected chi connectivity index (χ0v) is 11.5. The van der Waals surface area contributed by atoms with E-state index in [4.69, 9.17) is 4.74 Å². The average molecular weight is 241 g/mol. The fourth-order valence-electron chi connectivity index (χ4n) is 2.76. The highest BCUT2D eigenvalue weighted by molar-refractivity contribution is 5.76. The molecule has 1 aliphatic rings. The molecule has 1 fully saturated rings. The highest BCUT2D eigenvalue weighted by atomic mass is 16.5. The predicted octanol–water partition coefficient (Wildman–Crippen LogP) is 2.74. The van der Waals surface area contributed by atoms with Gasteiger partial charge in [0.15, 0.2) is 0 Å². The monoisotopic (exact) mass is 241 g/mol. The quantitative estimate of drug-likeness (QED) is 0.727. The number of hydrogen-bond donors (Lipinski definition) is 1. The van der Waals surface area contributed by atoms with Crippen LogP contribution in [0.3, 0.4) is 0 Å². The lowest BCUT2D eigenvalue weighted by atomic mass is 9.78. The Hall–Kier alpha value is -0.570. The number of hydrogen-bond acceptors (Lipinski definition) is 3. The van der Waals surface area contributed by atoms with Crippen LogP contribution in [0.25, 0.3) is 0 Å². The maximum Gasteiger partial charge on any atom is 0.323 e. The lowest BCUT2D eigenvalue weighted by molar-refractivity contribution is -0.147. The fourth-order valence-corrected chi connectivity index (χ4v) is 2.76. The number of rotatable bonds is 6. The third-order valence-corrected chi connectivity index (χ3v) is 3.60. The maximum atomic E-state index is 12.0. The Labute approximate surface area is 105 Å². The molecule has 0 aromatic rings. The molecule has 0 aromatic heterocycles. The number of nitrogens with one attached hydrogen (secondary N) is 1. The number of carbonyl (C=O) groups is 1. The van der Waals surface area contributed by atoms with E-state index in [9.17, 15) is 4.79 Å². The first kappa shape index (κ1) is 14.5. The Morgan fingerprint density at radius 2 is 2.18 bits per heavy atom. The summed E-state index contributed by atoms with van der Waals surface area (Å²) in [7, 11) is 0. The molecular formula is C14H27NO2. The summed E-state index contributed by atoms with van der Waals surface area (Å²) in [5.74, 6) is 1.15. The fraction of sp³-hybridized carbons (Fsp3) is 0.929. The molecule has 0 radical (unpaired) electrons. The summed E-state index contributed by atoms with van der Waals surface area (Å²) >= 11 is 0. The number of carbonyl (C=O) groups excluding carboxylic acids is 1. The van der Waals surface area contributed by atoms with Crippen LogP contribution in [0, 0.1) is 11.8 Å². The van der Waals surface area contributed by atoms with Gasteiger partial charge in [0.1, 0.15) is 6.04 Å². The molecule has 0 heterocycles. The van der Waals surface area contributed by atoms with Crippen molar-refractivity contribution in [2.45, 2.75) is 58.9 Å². The summed E-state index contributed by atoms with van der Waals surface area (Å²) in [6.45, 7) is 7.66. The molecule has 3 heteroatoms. The van der Waals surface area contributed by atoms with Crippen molar-refractivity contribution < 1.29 is 9.53 Å². The summed E-state index contributed by atoms with van der Waals surface area (Å²) in [4.78, 5) is 12.0. The van der Waals surface area contributed by atoms with Gasteiger partial charge in [-0.05, 0) is 44.6 Å². The third kappa shape index (κ3) is 4.66. The van der Waals surface area contributed by atoms with Gasteiger partial charge in [0.05, 0.1) is 6.61 Å². The van der Waals surface area contributed by atoms with E-state index in [1.165, 1.54) is 12.8 Å². The van der Waals surface area contributed by atoms with Gasteiger partial charge in [-0.15, -0.1) is 0 Å². The van der Waals surface area contributed by atoms with Crippen molar-refractivity contribution in [3.05, 3.63) is 0 Å². The van der Waals surface area contributed by atoms with E-state index in [0.717, 1.165) is 31.7 Å². The number of ether oxygens (including phenoxy) is 1. The lowest BCUT2D eigenvalue weighted by Gasteiger charge is -2.32. The molecule has 0 aromatic carbocycles. The second kappa shape index (κ2) is 7.70. The smallest absolute Gasteiger partial charge is 0.323 e. The zero-order valence-electron chi connectivity index (χ0n) is 11.5. The van der Waals surface area contributed by atoms with Crippen molar-refractivity contribution in [1.29, 1.82) is 0 Å². The molecule has 0 bridgehead atoms. The normalized spacial score (nSPS) is 26.5. The molecule has 3 atom stereocenters. The summed E-state index contributed by atoms with van der Waals surface area (Å²) < 4.78 is 5.19. The molecule has 1 N–H and O–H groups in total. The minimum Gasteiger partial charge on any atom is -0.465 e. The molecule has 0 aliphatic heterocycles. The Balaban J connectivity index is 2.56. The van der Waals surface area contributed by atoms with Gasteiger partial charge in [-0.2, -0.15) is 0 Å². The zero-order chi connectivity index (χ0) is 12.7. The van der Waals surface area contributed by atoms with Gasteiger partial charge in [-0.1, -0.05) is 26.7 Å². The lowest BCUT2D eigenvalue weighted by Crippen LogP contribution is -2.45. The van der Waals surface area contributed by atoms with Crippen LogP contribution in [0.4, 0.5) is 0 Å². The van der Waals surface area contributed by atoms with E-state index in [2.05, 4.69) is 19.2 Å². The molecule has 17 heavy (non-hydrogen) atoms. The largest absolute Gasteiger partial charge is 0.465 e. The average Bonchev–Trinajstić information content (AvgIpc) is 2.30. The first-order valence-corrected chi connectivity index (χ1v) is 7.09. The Kier molecular flexibility index (Phi) is 6.56. The van der Waals surface area contributed by atoms with Crippen molar-refractivity contribution in [3.63, 3.8) is 0 Å². The predicted molar refractivity (Wildman–Crippen MR) is 69.8 cm³/mol. The Morgan fingerprint density at radius 1 is 1.41 bits per heavy atom. The van der Waals surface area contributed by atoms with Crippen LogP contribution >= 0.6 is 0 Å². The van der Waals surface area contributed by atoms with Crippen molar-refractivity contribution in [3.8, 4) is 0 Å². The number of esters is 1. The minimum absolute atomic E-state index is 0.0555. The maximum absolute atomic E-state index is 12.0. The molecule has 3 unspecified atom stereocenters. The first-order chi connectivity index (χ1) is 8.19. The second-order valence-electron chi connectivity index (χ2n) is 5.22. The van der Waals surface area contributed by atoms with Crippen LogP contribution in [-0.2, 0) is 9.53 Å². The summed E-state index contributed by atoms with van der Waals surface area (Å²) in [6.07, 6.45) is 5.91. The topological polar surface area (TPSA) is 38.3 Å². The van der Waals surface area contributed by atoms with Crippen LogP contribution in [0.1, 0.15) is 52.9 Å². The summed E-state index contributed by atoms with van der Waals surface area (Å²) in [5, 5.41) is 3.37. The van der Waals surface area contributed by atoms with Gasteiger partial charge < -0.3 is 10.1 Å². The van der Waals surface area contributed by atoms with E-state index in [-0.39, 0.29) is 12.0 Å². The second-order valence-corrected chi connectivity index (χ2v) is 5.22. The van der Waals surface area contributed by atoms with E-state index >= 15 is 0 Å². The van der Waals surface area contributed by atoms with E-state index < -0.39 is 0 Å². The van der Waals surface area contributed by atoms with Crippen molar-refractivity contribution in [2.75, 3.05) is 13.2 Å². The molecule has 100 valence electrons. The van der Waals surface area contributed by atoms with E-state index in [1.54, 1.807) is 0 Å². The first-order valence-electron chi connectivity index (χ1n) is 7.09. The molecule has 0 amide bonds. The van der Waals surface area contributed by atoms with E-state index in [0.29, 0.717) is 12.5 Å². The highest BCUT2D eigenvalue weighted by Crippen LogP contribution is 2.31. The van der Waals surface area contributed by atoms with Crippen molar-refractivity contribution in [2.24, 2.45) is 11.8 Å². The molecule has 1 saturated carbocycles. The molecule has 3 nitrogen and oxygen atoms in total. The van der Waals surface area contributed by atoms with Crippen molar-refractivity contribution >= 4 is 5.97 Å². The van der Waals surface area contributed by atoms with Crippen molar-refractivity contribution in [1.82, 2.24) is 5.32 Å². The minimum atomic E-state index is -0.0855. The standard InChI is InChI=1S/C14H27NO2/c1-4-9-15-13(14(16)17-5-2)12-8-6-7-11(3)10-12/h11-13,15H,4-10H2,1-3H3. The van der Waals surface area contributed by atoms with Gasteiger partial charge in [0.25, 0.3) is 0 Å². The van der Waals surface area contributed by atoms with Gasteiger partial charge in [0.2, 0.25) is 0 Å². The SMILES string of the molecule is CCCNC(C(=O)OCC)C1CCCC(C)C1. The summed E-state index contributed by atoms with van der Waals surface area (Å²) in [6, 6.07) is -0.0855. The van der Waals surface area contributed by atoms with Gasteiger partial charge in [-0.25, -0.2) is 0 Å². The van der Waals surface area contributed by atoms with Crippen LogP contribution in [-0.4, -0.2) is 25.2 Å². The van der Waals surface area contributed by atoms with Crippen LogP contribution < -0.4 is 5.32 Å². The molecule has 0 spiro atoms. The van der Waals surface area contributed by atoms with Crippen LogP contribution in [0.2, 0.25) is 0 Å². The molecule has 1 aliphatic carbocycles. The third-order valence-electron chi connectivity index (χ3n) is 3.60. The van der Waals surface area contributed by atoms with Crippen LogP contribution in [0.15, 0.2) is 0 Å². The molecule has 0 saturated heterocycles. The van der Waals surface area contributed by atoms with Gasteiger partial charge in [0, 0.05) is 0 Å². The Bertz CT molecular complexity index is 230. The van der Waals surface area contributed by atoms with Gasteiger partial charge in [-0.3, -0.25) is 4.79 Å². The molecule has 1 rings (SSSR count). The van der Waals surface area contributed by atoms with Crippen LogP contribution in [0.5, 0.6) is 0 Å². The highest BCUT2D eigenvalue weighted by Gasteiger charge is 2.31. The Morgan fingerprint density at radius 3 is 2.76 bits per heavy atom. The molecular weight excluding hydrogens is 214 g/mol.